The molecule has 246 valence electrons. The molecule has 2 bridgehead atoms. The zero-order valence-corrected chi connectivity index (χ0v) is 26.6. The minimum atomic E-state index is -4.52. The topological polar surface area (TPSA) is 108 Å². The van der Waals surface area contributed by atoms with Crippen molar-refractivity contribution in [1.82, 2.24) is 4.72 Å². The van der Waals surface area contributed by atoms with Gasteiger partial charge < -0.3 is 15.2 Å². The number of fused-ring (bicyclic) bond motifs is 2. The van der Waals surface area contributed by atoms with Gasteiger partial charge in [0.2, 0.25) is 10.0 Å². The molecule has 3 aromatic carbocycles. The molecule has 3 aliphatic rings. The Labute approximate surface area is 269 Å². The number of para-hydroxylation sites is 1. The first-order valence-corrected chi connectivity index (χ1v) is 17.8. The van der Waals surface area contributed by atoms with Crippen molar-refractivity contribution in [3.05, 3.63) is 84.4 Å². The largest absolute Gasteiger partial charge is 0.493 e. The van der Waals surface area contributed by atoms with Crippen LogP contribution in [0.4, 0.5) is 8.78 Å². The zero-order chi connectivity index (χ0) is 32.3. The molecule has 0 saturated heterocycles. The number of hydrogen-bond acceptors (Lipinski definition) is 6. The molecule has 0 spiro atoms. The Balaban J connectivity index is 1.24. The van der Waals surface area contributed by atoms with E-state index in [2.05, 4.69) is 4.72 Å². The van der Waals surface area contributed by atoms with Crippen LogP contribution in [-0.2, 0) is 20.7 Å². The van der Waals surface area contributed by atoms with E-state index in [4.69, 9.17) is 15.2 Å². The fraction of sp³-hybridized carbons (Fsp3) is 0.472. The monoisotopic (exact) mass is 652 g/mol. The van der Waals surface area contributed by atoms with Crippen molar-refractivity contribution >= 4 is 15.8 Å². The van der Waals surface area contributed by atoms with Gasteiger partial charge in [-0.05, 0) is 117 Å². The standard InChI is InChI=1S/C36H42F2N2O5S/c37-36(38,27-13-15-31(16-14-27)45-30-9-5-2-6-10-30)35(34(41)33-25-11-12-26(33)22-28(39)21-25)40-46(42,43)32-19-17-29(18-20-32)44-23-24-7-3-1-4-8-24/h2,5-6,9-10,13-20,24-26,28,33,35,40H,1,3-4,7-8,11-12,21-23,39H2. The summed E-state index contributed by atoms with van der Waals surface area (Å²) in [5.74, 6) is -3.76. The van der Waals surface area contributed by atoms with Crippen LogP contribution in [0.5, 0.6) is 17.2 Å². The third kappa shape index (κ3) is 7.29. The lowest BCUT2D eigenvalue weighted by atomic mass is 9.72. The van der Waals surface area contributed by atoms with Crippen molar-refractivity contribution in [2.75, 3.05) is 6.61 Å². The van der Waals surface area contributed by atoms with Crippen LogP contribution in [0.3, 0.4) is 0 Å². The van der Waals surface area contributed by atoms with Crippen LogP contribution in [0, 0.1) is 23.7 Å². The number of nitrogens with one attached hydrogen (secondary N) is 1. The van der Waals surface area contributed by atoms with Gasteiger partial charge in [0, 0.05) is 17.5 Å². The summed E-state index contributed by atoms with van der Waals surface area (Å²) in [5.41, 5.74) is 5.72. The maximum atomic E-state index is 16.5. The van der Waals surface area contributed by atoms with Crippen LogP contribution < -0.4 is 19.9 Å². The number of sulfonamides is 1. The van der Waals surface area contributed by atoms with Crippen LogP contribution in [0.2, 0.25) is 0 Å². The van der Waals surface area contributed by atoms with E-state index in [1.165, 1.54) is 67.8 Å². The molecule has 7 nitrogen and oxygen atoms in total. The highest BCUT2D eigenvalue weighted by atomic mass is 32.2. The molecule has 10 heteroatoms. The summed E-state index contributed by atoms with van der Waals surface area (Å²) in [5, 5.41) is 0. The Hall–Kier alpha value is -3.34. The van der Waals surface area contributed by atoms with Crippen molar-refractivity contribution in [2.45, 2.75) is 80.7 Å². The summed E-state index contributed by atoms with van der Waals surface area (Å²) in [4.78, 5) is 13.9. The highest BCUT2D eigenvalue weighted by molar-refractivity contribution is 7.89. The number of rotatable bonds is 12. The third-order valence-corrected chi connectivity index (χ3v) is 11.4. The molecule has 46 heavy (non-hydrogen) atoms. The number of Topliss-reactive ketones (excluding diaryl/α,β-unsaturated/α-hetero) is 1. The van der Waals surface area contributed by atoms with E-state index >= 15 is 8.78 Å². The van der Waals surface area contributed by atoms with Crippen molar-refractivity contribution in [1.29, 1.82) is 0 Å². The minimum Gasteiger partial charge on any atom is -0.493 e. The summed E-state index contributed by atoms with van der Waals surface area (Å²) in [6, 6.07) is 17.4. The molecule has 0 heterocycles. The number of alkyl halides is 2. The van der Waals surface area contributed by atoms with Gasteiger partial charge >= 0.3 is 0 Å². The van der Waals surface area contributed by atoms with Crippen molar-refractivity contribution in [3.8, 4) is 17.2 Å². The van der Waals surface area contributed by atoms with Gasteiger partial charge in [-0.2, -0.15) is 13.5 Å². The van der Waals surface area contributed by atoms with Gasteiger partial charge in [-0.15, -0.1) is 0 Å². The molecular formula is C36H42F2N2O5S. The van der Waals surface area contributed by atoms with Crippen LogP contribution in [0.25, 0.3) is 0 Å². The van der Waals surface area contributed by atoms with Gasteiger partial charge in [-0.1, -0.05) is 37.5 Å². The SMILES string of the molecule is NC1CC2CCC(C1)C2C(=O)C(NS(=O)(=O)c1ccc(OCC2CCCCC2)cc1)C(F)(F)c1ccc(Oc2ccccc2)cc1. The van der Waals surface area contributed by atoms with E-state index < -0.39 is 39.3 Å². The third-order valence-electron chi connectivity index (χ3n) is 9.95. The van der Waals surface area contributed by atoms with Crippen molar-refractivity contribution in [2.24, 2.45) is 29.4 Å². The van der Waals surface area contributed by atoms with Crippen molar-refractivity contribution in [3.63, 3.8) is 0 Å². The molecule has 0 amide bonds. The van der Waals surface area contributed by atoms with E-state index in [9.17, 15) is 13.2 Å². The van der Waals surface area contributed by atoms with Crippen LogP contribution in [0.15, 0.2) is 83.8 Å². The predicted octanol–water partition coefficient (Wildman–Crippen LogP) is 7.21. The normalized spacial score (nSPS) is 24.3. The Morgan fingerprint density at radius 1 is 0.826 bits per heavy atom. The molecule has 3 unspecified atom stereocenters. The number of nitrogens with two attached hydrogens (primary N) is 1. The predicted molar refractivity (Wildman–Crippen MR) is 171 cm³/mol. The van der Waals surface area contributed by atoms with Gasteiger partial charge in [-0.25, -0.2) is 8.42 Å². The Morgan fingerprint density at radius 3 is 2.04 bits per heavy atom. The van der Waals surface area contributed by atoms with E-state index in [1.54, 1.807) is 24.3 Å². The smallest absolute Gasteiger partial charge is 0.296 e. The highest BCUT2D eigenvalue weighted by Gasteiger charge is 2.54. The summed E-state index contributed by atoms with van der Waals surface area (Å²) < 4.78 is 74.1. The number of benzene rings is 3. The second kappa shape index (κ2) is 13.8. The summed E-state index contributed by atoms with van der Waals surface area (Å²) in [6.07, 6.45) is 8.38. The fourth-order valence-corrected chi connectivity index (χ4v) is 8.79. The fourth-order valence-electron chi connectivity index (χ4n) is 7.59. The maximum Gasteiger partial charge on any atom is 0.296 e. The molecule has 0 radical (unpaired) electrons. The molecule has 3 saturated carbocycles. The lowest BCUT2D eigenvalue weighted by Gasteiger charge is -2.36. The second-order valence-electron chi connectivity index (χ2n) is 13.2. The molecule has 0 aromatic heterocycles. The van der Waals surface area contributed by atoms with Crippen molar-refractivity contribution < 1.29 is 31.5 Å². The van der Waals surface area contributed by atoms with E-state index in [1.807, 2.05) is 6.07 Å². The van der Waals surface area contributed by atoms with Crippen LogP contribution in [-0.4, -0.2) is 32.9 Å². The summed E-state index contributed by atoms with van der Waals surface area (Å²) in [7, 11) is -4.52. The number of carbonyl (C=O) groups is 1. The second-order valence-corrected chi connectivity index (χ2v) is 14.9. The number of hydrogen-bond donors (Lipinski definition) is 2. The molecule has 3 N–H and O–H groups in total. The first-order chi connectivity index (χ1) is 22.1. The van der Waals surface area contributed by atoms with Gasteiger partial charge in [-0.3, -0.25) is 4.79 Å². The lowest BCUT2D eigenvalue weighted by Crippen LogP contribution is -2.55. The average Bonchev–Trinajstić information content (AvgIpc) is 3.34. The first-order valence-electron chi connectivity index (χ1n) is 16.4. The zero-order valence-electron chi connectivity index (χ0n) is 25.8. The molecule has 0 aliphatic heterocycles. The van der Waals surface area contributed by atoms with Crippen LogP contribution in [0.1, 0.15) is 63.4 Å². The Kier molecular flexibility index (Phi) is 9.77. The summed E-state index contributed by atoms with van der Waals surface area (Å²) in [6.45, 7) is 0.551. The number of carbonyl (C=O) groups excluding carboxylic acids is 1. The Bertz CT molecular complexity index is 1560. The van der Waals surface area contributed by atoms with E-state index in [0.717, 1.165) is 12.8 Å². The lowest BCUT2D eigenvalue weighted by molar-refractivity contribution is -0.139. The minimum absolute atomic E-state index is 0.0896. The van der Waals surface area contributed by atoms with Gasteiger partial charge in [0.25, 0.3) is 5.92 Å². The molecule has 3 atom stereocenters. The maximum absolute atomic E-state index is 16.5. The molecule has 6 rings (SSSR count). The van der Waals surface area contributed by atoms with Gasteiger partial charge in [0.05, 0.1) is 11.5 Å². The number of halogens is 2. The van der Waals surface area contributed by atoms with Gasteiger partial charge in [0.1, 0.15) is 23.3 Å². The molecule has 3 aliphatic carbocycles. The Morgan fingerprint density at radius 2 is 1.41 bits per heavy atom. The highest BCUT2D eigenvalue weighted by Crippen LogP contribution is 2.49. The average molecular weight is 653 g/mol. The van der Waals surface area contributed by atoms with Crippen LogP contribution >= 0.6 is 0 Å². The molecule has 3 fully saturated rings. The first kappa shape index (κ1) is 32.6. The van der Waals surface area contributed by atoms with E-state index in [-0.39, 0.29) is 22.8 Å². The number of ether oxygens (including phenoxy) is 2. The van der Waals surface area contributed by atoms with E-state index in [0.29, 0.717) is 55.5 Å². The number of ketones is 1. The van der Waals surface area contributed by atoms with Gasteiger partial charge in [0.15, 0.2) is 5.78 Å². The summed E-state index contributed by atoms with van der Waals surface area (Å²) >= 11 is 0. The quantitative estimate of drug-likeness (QED) is 0.214. The molecular weight excluding hydrogens is 610 g/mol. The molecule has 3 aromatic rings.